The summed E-state index contributed by atoms with van der Waals surface area (Å²) in [5.74, 6) is 0. The zero-order valence-electron chi connectivity index (χ0n) is 14.4. The molecule has 1 saturated carbocycles. The van der Waals surface area contributed by atoms with E-state index in [0.717, 1.165) is 6.54 Å². The van der Waals surface area contributed by atoms with Gasteiger partial charge in [0.05, 0.1) is 6.61 Å². The molecule has 0 aromatic rings. The van der Waals surface area contributed by atoms with Crippen LogP contribution in [0, 0.1) is 0 Å². The quantitative estimate of drug-likeness (QED) is 0.707. The molecule has 1 heterocycles. The van der Waals surface area contributed by atoms with Crippen molar-refractivity contribution in [2.75, 3.05) is 39.3 Å². The fourth-order valence-electron chi connectivity index (χ4n) is 4.09. The Morgan fingerprint density at radius 1 is 1.17 bits per heavy atom. The highest BCUT2D eigenvalue weighted by Crippen LogP contribution is 2.35. The summed E-state index contributed by atoms with van der Waals surface area (Å²) in [6.07, 6.45) is 11.8. The summed E-state index contributed by atoms with van der Waals surface area (Å²) in [4.78, 5) is 16.7. The van der Waals surface area contributed by atoms with Crippen molar-refractivity contribution in [3.8, 4) is 0 Å². The van der Waals surface area contributed by atoms with Gasteiger partial charge < -0.3 is 15.3 Å². The van der Waals surface area contributed by atoms with Gasteiger partial charge in [-0.1, -0.05) is 31.8 Å². The zero-order valence-corrected chi connectivity index (χ0v) is 14.4. The number of urea groups is 1. The Bertz CT molecular complexity index is 374. The molecule has 2 rings (SSSR count). The molecule has 2 fully saturated rings. The van der Waals surface area contributed by atoms with Crippen molar-refractivity contribution in [3.63, 3.8) is 0 Å². The normalized spacial score (nSPS) is 21.6. The fourth-order valence-corrected chi connectivity index (χ4v) is 4.09. The van der Waals surface area contributed by atoms with Gasteiger partial charge in [0.1, 0.15) is 0 Å². The Morgan fingerprint density at radius 3 is 2.43 bits per heavy atom. The summed E-state index contributed by atoms with van der Waals surface area (Å²) in [6.45, 7) is 7.57. The lowest BCUT2D eigenvalue weighted by Crippen LogP contribution is -2.59. The first-order chi connectivity index (χ1) is 11.2. The summed E-state index contributed by atoms with van der Waals surface area (Å²) in [5.41, 5.74) is 0.146. The first-order valence-corrected chi connectivity index (χ1v) is 9.21. The molecule has 0 aromatic heterocycles. The van der Waals surface area contributed by atoms with E-state index in [1.165, 1.54) is 64.5 Å². The molecule has 2 amide bonds. The maximum absolute atomic E-state index is 12.4. The van der Waals surface area contributed by atoms with Crippen molar-refractivity contribution in [3.05, 3.63) is 12.7 Å². The Kier molecular flexibility index (Phi) is 7.37. The van der Waals surface area contributed by atoms with Gasteiger partial charge in [0.25, 0.3) is 0 Å². The lowest BCUT2D eigenvalue weighted by atomic mass is 9.79. The van der Waals surface area contributed by atoms with E-state index in [9.17, 15) is 4.79 Å². The van der Waals surface area contributed by atoms with E-state index in [0.29, 0.717) is 13.1 Å². The molecule has 132 valence electrons. The van der Waals surface area contributed by atoms with Gasteiger partial charge in [-0.05, 0) is 38.8 Å². The molecule has 5 nitrogen and oxygen atoms in total. The number of carbonyl (C=O) groups excluding carboxylic acids is 1. The molecule has 0 radical (unpaired) electrons. The number of carbonyl (C=O) groups is 1. The van der Waals surface area contributed by atoms with Crippen LogP contribution in [0.4, 0.5) is 4.79 Å². The van der Waals surface area contributed by atoms with Gasteiger partial charge in [-0.2, -0.15) is 0 Å². The van der Waals surface area contributed by atoms with Crippen LogP contribution in [-0.4, -0.2) is 65.8 Å². The standard InChI is InChI=1S/C18H33N3O2/c1-2-11-20(14-15-22)17(23)19-16-18(9-5-3-6-10-18)21-12-7-4-8-13-21/h2,22H,1,3-16H2,(H,19,23). The average Bonchev–Trinajstić information content (AvgIpc) is 2.61. The number of rotatable bonds is 7. The van der Waals surface area contributed by atoms with E-state index in [2.05, 4.69) is 16.8 Å². The van der Waals surface area contributed by atoms with Gasteiger partial charge in [-0.3, -0.25) is 4.90 Å². The molecule has 2 aliphatic rings. The summed E-state index contributed by atoms with van der Waals surface area (Å²) in [7, 11) is 0. The molecule has 0 unspecified atom stereocenters. The molecule has 0 atom stereocenters. The van der Waals surface area contributed by atoms with Gasteiger partial charge in [0.15, 0.2) is 0 Å². The Hall–Kier alpha value is -1.07. The highest BCUT2D eigenvalue weighted by atomic mass is 16.3. The maximum Gasteiger partial charge on any atom is 0.317 e. The second kappa shape index (κ2) is 9.28. The van der Waals surface area contributed by atoms with Gasteiger partial charge in [0.2, 0.25) is 0 Å². The summed E-state index contributed by atoms with van der Waals surface area (Å²) in [6, 6.07) is -0.0825. The lowest BCUT2D eigenvalue weighted by Gasteiger charge is -2.48. The molecule has 0 bridgehead atoms. The molecule has 1 aliphatic heterocycles. The van der Waals surface area contributed by atoms with E-state index < -0.39 is 0 Å². The second-order valence-electron chi connectivity index (χ2n) is 6.95. The summed E-state index contributed by atoms with van der Waals surface area (Å²) in [5, 5.41) is 12.3. The minimum atomic E-state index is -0.0825. The Labute approximate surface area is 140 Å². The number of hydrogen-bond donors (Lipinski definition) is 2. The van der Waals surface area contributed by atoms with E-state index in [1.807, 2.05) is 0 Å². The molecule has 5 heteroatoms. The highest BCUT2D eigenvalue weighted by Gasteiger charge is 2.38. The number of likely N-dealkylation sites (tertiary alicyclic amines) is 1. The molecule has 1 aliphatic carbocycles. The first-order valence-electron chi connectivity index (χ1n) is 9.21. The number of hydrogen-bond acceptors (Lipinski definition) is 3. The fraction of sp³-hybridized carbons (Fsp3) is 0.833. The van der Waals surface area contributed by atoms with Crippen LogP contribution in [0.2, 0.25) is 0 Å². The monoisotopic (exact) mass is 323 g/mol. The number of nitrogens with one attached hydrogen (secondary N) is 1. The van der Waals surface area contributed by atoms with Crippen molar-refractivity contribution in [1.82, 2.24) is 15.1 Å². The molecule has 23 heavy (non-hydrogen) atoms. The predicted molar refractivity (Wildman–Crippen MR) is 93.5 cm³/mol. The predicted octanol–water partition coefficient (Wildman–Crippen LogP) is 2.37. The largest absolute Gasteiger partial charge is 0.395 e. The van der Waals surface area contributed by atoms with Crippen molar-refractivity contribution in [2.45, 2.75) is 56.9 Å². The molecular formula is C18H33N3O2. The van der Waals surface area contributed by atoms with Crippen LogP contribution >= 0.6 is 0 Å². The number of piperidine rings is 1. The highest BCUT2D eigenvalue weighted by molar-refractivity contribution is 5.74. The minimum Gasteiger partial charge on any atom is -0.395 e. The zero-order chi connectivity index (χ0) is 16.5. The van der Waals surface area contributed by atoms with Gasteiger partial charge in [-0.15, -0.1) is 6.58 Å². The van der Waals surface area contributed by atoms with Crippen molar-refractivity contribution >= 4 is 6.03 Å². The van der Waals surface area contributed by atoms with Crippen LogP contribution in [0.15, 0.2) is 12.7 Å². The van der Waals surface area contributed by atoms with E-state index in [4.69, 9.17) is 5.11 Å². The SMILES string of the molecule is C=CCN(CCO)C(=O)NCC1(N2CCCCC2)CCCCC1. The molecule has 2 N–H and O–H groups in total. The number of amides is 2. The number of aliphatic hydroxyl groups excluding tert-OH is 1. The molecular weight excluding hydrogens is 290 g/mol. The van der Waals surface area contributed by atoms with E-state index in [1.54, 1.807) is 11.0 Å². The smallest absolute Gasteiger partial charge is 0.317 e. The van der Waals surface area contributed by atoms with Gasteiger partial charge >= 0.3 is 6.03 Å². The van der Waals surface area contributed by atoms with Crippen molar-refractivity contribution < 1.29 is 9.90 Å². The van der Waals surface area contributed by atoms with Crippen LogP contribution < -0.4 is 5.32 Å². The van der Waals surface area contributed by atoms with Gasteiger partial charge in [-0.25, -0.2) is 4.79 Å². The number of aliphatic hydroxyl groups is 1. The van der Waals surface area contributed by atoms with Crippen molar-refractivity contribution in [2.24, 2.45) is 0 Å². The van der Waals surface area contributed by atoms with Crippen LogP contribution in [0.5, 0.6) is 0 Å². The Balaban J connectivity index is 1.97. The second-order valence-corrected chi connectivity index (χ2v) is 6.95. The minimum absolute atomic E-state index is 0.0153. The molecule has 0 aromatic carbocycles. The third-order valence-electron chi connectivity index (χ3n) is 5.39. The topological polar surface area (TPSA) is 55.8 Å². The van der Waals surface area contributed by atoms with E-state index >= 15 is 0 Å². The maximum atomic E-state index is 12.4. The van der Waals surface area contributed by atoms with Crippen LogP contribution in [-0.2, 0) is 0 Å². The molecule has 1 saturated heterocycles. The summed E-state index contributed by atoms with van der Waals surface area (Å²) >= 11 is 0. The van der Waals surface area contributed by atoms with Crippen LogP contribution in [0.1, 0.15) is 51.4 Å². The third kappa shape index (κ3) is 4.95. The summed E-state index contributed by atoms with van der Waals surface area (Å²) < 4.78 is 0. The first kappa shape index (κ1) is 18.3. The average molecular weight is 323 g/mol. The van der Waals surface area contributed by atoms with Crippen molar-refractivity contribution in [1.29, 1.82) is 0 Å². The van der Waals surface area contributed by atoms with Crippen LogP contribution in [0.25, 0.3) is 0 Å². The van der Waals surface area contributed by atoms with Crippen LogP contribution in [0.3, 0.4) is 0 Å². The van der Waals surface area contributed by atoms with E-state index in [-0.39, 0.29) is 18.2 Å². The molecule has 0 spiro atoms. The third-order valence-corrected chi connectivity index (χ3v) is 5.39. The Morgan fingerprint density at radius 2 is 1.83 bits per heavy atom. The van der Waals surface area contributed by atoms with Gasteiger partial charge in [0, 0.05) is 25.2 Å². The number of nitrogens with zero attached hydrogens (tertiary/aromatic N) is 2. The lowest BCUT2D eigenvalue weighted by molar-refractivity contribution is 0.0343.